The van der Waals surface area contributed by atoms with Crippen molar-refractivity contribution in [3.63, 3.8) is 0 Å². The molecule has 2 aromatic carbocycles. The second-order valence-corrected chi connectivity index (χ2v) is 7.65. The molecule has 0 heterocycles. The van der Waals surface area contributed by atoms with Crippen molar-refractivity contribution in [1.29, 1.82) is 0 Å². The Balaban J connectivity index is 0.000000380. The summed E-state index contributed by atoms with van der Waals surface area (Å²) in [6.07, 6.45) is 10.5. The average Bonchev–Trinajstić information content (AvgIpc) is 2.85. The maximum absolute atomic E-state index is 11.3. The number of benzene rings is 2. The lowest BCUT2D eigenvalue weighted by molar-refractivity contribution is -0.136. The van der Waals surface area contributed by atoms with Crippen LogP contribution in [0.25, 0.3) is 11.6 Å². The first-order chi connectivity index (χ1) is 16.4. The third-order valence-electron chi connectivity index (χ3n) is 5.11. The zero-order valence-corrected chi connectivity index (χ0v) is 20.3. The van der Waals surface area contributed by atoms with Gasteiger partial charge in [-0.1, -0.05) is 81.5 Å². The Labute approximate surface area is 202 Å². The van der Waals surface area contributed by atoms with Crippen molar-refractivity contribution >= 4 is 23.6 Å². The third-order valence-corrected chi connectivity index (χ3v) is 5.11. The lowest BCUT2D eigenvalue weighted by Gasteiger charge is -2.12. The smallest absolute Gasteiger partial charge is 0.371 e. The topological polar surface area (TPSA) is 93.1 Å². The number of aliphatic carboxylic acids is 2. The molecule has 0 aliphatic carbocycles. The largest absolute Gasteiger partial charge is 0.497 e. The molecule has 2 N–H and O–H groups in total. The minimum Gasteiger partial charge on any atom is -0.497 e. The quantitative estimate of drug-likeness (QED) is 0.194. The number of carbonyl (C=O) groups is 2. The summed E-state index contributed by atoms with van der Waals surface area (Å²) in [4.78, 5) is 21.5. The maximum atomic E-state index is 11.3. The molecule has 0 saturated heterocycles. The van der Waals surface area contributed by atoms with Crippen LogP contribution in [-0.2, 0) is 14.3 Å². The van der Waals surface area contributed by atoms with E-state index in [1.165, 1.54) is 38.9 Å². The Morgan fingerprint density at radius 2 is 1.47 bits per heavy atom. The molecule has 0 spiro atoms. The van der Waals surface area contributed by atoms with Gasteiger partial charge in [0, 0.05) is 11.6 Å². The Morgan fingerprint density at radius 3 is 2.00 bits per heavy atom. The number of methoxy groups -OCH3 is 2. The number of unbranched alkanes of at least 4 members (excludes halogenated alkanes) is 5. The van der Waals surface area contributed by atoms with Crippen molar-refractivity contribution in [3.05, 3.63) is 77.6 Å². The summed E-state index contributed by atoms with van der Waals surface area (Å²) in [6, 6.07) is 16.8. The lowest BCUT2D eigenvalue weighted by atomic mass is 9.97. The molecule has 2 rings (SSSR count). The Kier molecular flexibility index (Phi) is 14.3. The number of ether oxygens (including phenoxy) is 2. The van der Waals surface area contributed by atoms with Crippen LogP contribution in [0.15, 0.2) is 66.4 Å². The number of allylic oxidation sites excluding steroid dienone is 1. The first kappa shape index (κ1) is 28.5. The molecule has 34 heavy (non-hydrogen) atoms. The van der Waals surface area contributed by atoms with E-state index in [1.807, 2.05) is 30.3 Å². The SMILES string of the molecule is CCCCCCCCC(=C(OC)C(=O)O)c1ccccc1.COc1ccc(C=CC(=O)O)cc1. The molecule has 6 nitrogen and oxygen atoms in total. The van der Waals surface area contributed by atoms with Gasteiger partial charge in [-0.05, 0) is 42.2 Å². The average molecular weight is 469 g/mol. The molecule has 0 amide bonds. The van der Waals surface area contributed by atoms with Crippen LogP contribution in [-0.4, -0.2) is 36.4 Å². The molecular weight excluding hydrogens is 432 g/mol. The predicted octanol–water partition coefficient (Wildman–Crippen LogP) is 6.67. The van der Waals surface area contributed by atoms with Crippen LogP contribution in [0, 0.1) is 0 Å². The third kappa shape index (κ3) is 11.4. The van der Waals surface area contributed by atoms with Crippen molar-refractivity contribution in [2.45, 2.75) is 51.9 Å². The fourth-order valence-electron chi connectivity index (χ4n) is 3.33. The van der Waals surface area contributed by atoms with Crippen molar-refractivity contribution in [2.24, 2.45) is 0 Å². The highest BCUT2D eigenvalue weighted by Gasteiger charge is 2.16. The summed E-state index contributed by atoms with van der Waals surface area (Å²) >= 11 is 0. The molecule has 2 aromatic rings. The van der Waals surface area contributed by atoms with Crippen molar-refractivity contribution in [1.82, 2.24) is 0 Å². The Morgan fingerprint density at radius 1 is 0.853 bits per heavy atom. The number of hydrogen-bond donors (Lipinski definition) is 2. The highest BCUT2D eigenvalue weighted by molar-refractivity contribution is 5.94. The summed E-state index contributed by atoms with van der Waals surface area (Å²) in [6.45, 7) is 2.20. The van der Waals surface area contributed by atoms with Crippen LogP contribution in [0.5, 0.6) is 5.75 Å². The molecule has 0 bridgehead atoms. The second kappa shape index (κ2) is 17.0. The van der Waals surface area contributed by atoms with Crippen LogP contribution < -0.4 is 4.74 Å². The molecule has 0 aliphatic heterocycles. The molecule has 0 saturated carbocycles. The zero-order chi connectivity index (χ0) is 25.2. The first-order valence-corrected chi connectivity index (χ1v) is 11.5. The van der Waals surface area contributed by atoms with E-state index in [2.05, 4.69) is 6.92 Å². The van der Waals surface area contributed by atoms with Crippen LogP contribution in [0.2, 0.25) is 0 Å². The summed E-state index contributed by atoms with van der Waals surface area (Å²) in [5, 5.41) is 17.7. The van der Waals surface area contributed by atoms with E-state index < -0.39 is 11.9 Å². The molecule has 0 aliphatic rings. The highest BCUT2D eigenvalue weighted by Crippen LogP contribution is 2.26. The second-order valence-electron chi connectivity index (χ2n) is 7.65. The van der Waals surface area contributed by atoms with Gasteiger partial charge in [-0.2, -0.15) is 0 Å². The fourth-order valence-corrected chi connectivity index (χ4v) is 3.33. The zero-order valence-electron chi connectivity index (χ0n) is 20.3. The van der Waals surface area contributed by atoms with Gasteiger partial charge in [0.1, 0.15) is 5.75 Å². The van der Waals surface area contributed by atoms with E-state index in [9.17, 15) is 14.7 Å². The number of carboxylic acid groups (broad SMARTS) is 2. The molecule has 184 valence electrons. The van der Waals surface area contributed by atoms with Crippen LogP contribution in [0.3, 0.4) is 0 Å². The molecule has 6 heteroatoms. The monoisotopic (exact) mass is 468 g/mol. The Hall–Kier alpha value is -3.54. The minimum atomic E-state index is -0.998. The van der Waals surface area contributed by atoms with E-state index in [1.54, 1.807) is 31.4 Å². The molecular formula is C28H36O6. The number of hydrogen-bond acceptors (Lipinski definition) is 4. The molecule has 0 radical (unpaired) electrons. The minimum absolute atomic E-state index is 0.0646. The number of carboxylic acids is 2. The van der Waals surface area contributed by atoms with E-state index in [4.69, 9.17) is 14.6 Å². The summed E-state index contributed by atoms with van der Waals surface area (Å²) in [7, 11) is 3.01. The van der Waals surface area contributed by atoms with Crippen LogP contribution >= 0.6 is 0 Å². The van der Waals surface area contributed by atoms with Gasteiger partial charge < -0.3 is 19.7 Å². The van der Waals surface area contributed by atoms with Gasteiger partial charge >= 0.3 is 11.9 Å². The summed E-state index contributed by atoms with van der Waals surface area (Å²) in [5.41, 5.74) is 2.56. The van der Waals surface area contributed by atoms with Gasteiger partial charge in [-0.3, -0.25) is 0 Å². The van der Waals surface area contributed by atoms with Crippen LogP contribution in [0.1, 0.15) is 63.0 Å². The lowest BCUT2D eigenvalue weighted by Crippen LogP contribution is -2.06. The van der Waals surface area contributed by atoms with Gasteiger partial charge in [-0.25, -0.2) is 9.59 Å². The first-order valence-electron chi connectivity index (χ1n) is 11.5. The molecule has 0 fully saturated rings. The number of rotatable bonds is 13. The van der Waals surface area contributed by atoms with Crippen molar-refractivity contribution in [2.75, 3.05) is 14.2 Å². The van der Waals surface area contributed by atoms with Crippen LogP contribution in [0.4, 0.5) is 0 Å². The molecule has 0 aromatic heterocycles. The molecule has 0 unspecified atom stereocenters. The van der Waals surface area contributed by atoms with Gasteiger partial charge in [0.15, 0.2) is 0 Å². The normalized spacial score (nSPS) is 11.3. The predicted molar refractivity (Wildman–Crippen MR) is 136 cm³/mol. The standard InChI is InChI=1S/C18H26O3.C10H10O3/c1-3-4-5-6-7-11-14-16(17(21-2)18(19)20)15-12-9-8-10-13-15;1-13-9-5-2-8(3-6-9)4-7-10(11)12/h8-10,12-13H,3-7,11,14H2,1-2H3,(H,19,20);2-7H,1H3,(H,11,12). The van der Waals surface area contributed by atoms with Gasteiger partial charge in [-0.15, -0.1) is 0 Å². The highest BCUT2D eigenvalue weighted by atomic mass is 16.5. The van der Waals surface area contributed by atoms with Gasteiger partial charge in [0.25, 0.3) is 0 Å². The maximum Gasteiger partial charge on any atom is 0.371 e. The van der Waals surface area contributed by atoms with Gasteiger partial charge in [0.2, 0.25) is 5.76 Å². The van der Waals surface area contributed by atoms with E-state index >= 15 is 0 Å². The summed E-state index contributed by atoms with van der Waals surface area (Å²) < 4.78 is 10.1. The van der Waals surface area contributed by atoms with E-state index in [0.717, 1.165) is 47.8 Å². The van der Waals surface area contributed by atoms with E-state index in [-0.39, 0.29) is 5.76 Å². The summed E-state index contributed by atoms with van der Waals surface area (Å²) in [5.74, 6) is -1.12. The van der Waals surface area contributed by atoms with Gasteiger partial charge in [0.05, 0.1) is 14.2 Å². The fraction of sp³-hybridized carbons (Fsp3) is 0.357. The van der Waals surface area contributed by atoms with Crippen molar-refractivity contribution < 1.29 is 29.3 Å². The Bertz CT molecular complexity index is 914. The van der Waals surface area contributed by atoms with Crippen molar-refractivity contribution in [3.8, 4) is 5.75 Å². The van der Waals surface area contributed by atoms with E-state index in [0.29, 0.717) is 0 Å². The molecule has 0 atom stereocenters.